The average molecular weight is 313 g/mol. The molecule has 2 rings (SSSR count). The van der Waals surface area contributed by atoms with Gasteiger partial charge in [-0.2, -0.15) is 0 Å². The van der Waals surface area contributed by atoms with Gasteiger partial charge >= 0.3 is 0 Å². The van der Waals surface area contributed by atoms with Gasteiger partial charge in [0.05, 0.1) is 12.7 Å². The van der Waals surface area contributed by atoms with E-state index in [4.69, 9.17) is 10.5 Å². The lowest BCUT2D eigenvalue weighted by molar-refractivity contribution is 0.0711. The molecule has 0 radical (unpaired) electrons. The van der Waals surface area contributed by atoms with E-state index in [9.17, 15) is 4.79 Å². The fourth-order valence-corrected chi connectivity index (χ4v) is 2.45. The number of nitrogens with two attached hydrogens (primary N) is 1. The molecule has 0 saturated carbocycles. The Balaban J connectivity index is 2.18. The predicted octanol–water partition coefficient (Wildman–Crippen LogP) is 2.02. The van der Waals surface area contributed by atoms with E-state index in [1.165, 1.54) is 0 Å². The van der Waals surface area contributed by atoms with Crippen molar-refractivity contribution in [3.63, 3.8) is 0 Å². The largest absolute Gasteiger partial charge is 0.496 e. The summed E-state index contributed by atoms with van der Waals surface area (Å²) >= 11 is 3.37. The summed E-state index contributed by atoms with van der Waals surface area (Å²) in [6.07, 6.45) is 1.73. The van der Waals surface area contributed by atoms with Crippen molar-refractivity contribution >= 4 is 21.8 Å². The van der Waals surface area contributed by atoms with Crippen molar-refractivity contribution in [1.29, 1.82) is 0 Å². The molecule has 0 aliphatic carbocycles. The van der Waals surface area contributed by atoms with Gasteiger partial charge in [0.1, 0.15) is 5.75 Å². The third-order valence-corrected chi connectivity index (χ3v) is 3.71. The quantitative estimate of drug-likeness (QED) is 0.909. The Morgan fingerprint density at radius 2 is 2.11 bits per heavy atom. The maximum atomic E-state index is 12.4. The van der Waals surface area contributed by atoms with Crippen LogP contribution in [-0.4, -0.2) is 37.0 Å². The Bertz CT molecular complexity index is 443. The Kier molecular flexibility index (Phi) is 4.24. The van der Waals surface area contributed by atoms with Gasteiger partial charge in [-0.25, -0.2) is 0 Å². The number of hydrogen-bond donors (Lipinski definition) is 1. The lowest BCUT2D eigenvalue weighted by Crippen LogP contribution is -2.42. The highest BCUT2D eigenvalue weighted by Crippen LogP contribution is 2.25. The SMILES string of the molecule is COc1cc(Br)ccc1C(=O)N1CCC(N)CC1. The second-order valence-electron chi connectivity index (χ2n) is 4.47. The number of carbonyl (C=O) groups excluding carboxylic acids is 1. The number of amides is 1. The molecule has 4 nitrogen and oxygen atoms in total. The van der Waals surface area contributed by atoms with Crippen molar-refractivity contribution in [1.82, 2.24) is 4.90 Å². The Hall–Kier alpha value is -1.07. The summed E-state index contributed by atoms with van der Waals surface area (Å²) in [7, 11) is 1.57. The van der Waals surface area contributed by atoms with Crippen molar-refractivity contribution in [2.45, 2.75) is 18.9 Å². The summed E-state index contributed by atoms with van der Waals surface area (Å²) in [6.45, 7) is 1.44. The van der Waals surface area contributed by atoms with E-state index < -0.39 is 0 Å². The minimum Gasteiger partial charge on any atom is -0.496 e. The second kappa shape index (κ2) is 5.71. The Morgan fingerprint density at radius 1 is 1.44 bits per heavy atom. The second-order valence-corrected chi connectivity index (χ2v) is 5.39. The first-order valence-corrected chi connectivity index (χ1v) is 6.79. The molecule has 5 heteroatoms. The molecule has 1 aromatic rings. The number of hydrogen-bond acceptors (Lipinski definition) is 3. The van der Waals surface area contributed by atoms with Crippen LogP contribution in [0.2, 0.25) is 0 Å². The summed E-state index contributed by atoms with van der Waals surface area (Å²) in [5, 5.41) is 0. The molecule has 1 amide bonds. The topological polar surface area (TPSA) is 55.6 Å². The zero-order chi connectivity index (χ0) is 13.1. The number of ether oxygens (including phenoxy) is 1. The van der Waals surface area contributed by atoms with E-state index in [-0.39, 0.29) is 11.9 Å². The molecule has 1 aliphatic heterocycles. The van der Waals surface area contributed by atoms with E-state index in [0.29, 0.717) is 11.3 Å². The normalized spacial score (nSPS) is 16.7. The molecule has 0 atom stereocenters. The first-order valence-electron chi connectivity index (χ1n) is 6.00. The molecule has 1 aliphatic rings. The van der Waals surface area contributed by atoms with Gasteiger partial charge in [0.25, 0.3) is 5.91 Å². The third-order valence-electron chi connectivity index (χ3n) is 3.22. The lowest BCUT2D eigenvalue weighted by Gasteiger charge is -2.30. The molecule has 2 N–H and O–H groups in total. The monoisotopic (exact) mass is 312 g/mol. The Morgan fingerprint density at radius 3 is 2.72 bits per heavy atom. The van der Waals surface area contributed by atoms with E-state index in [0.717, 1.165) is 30.4 Å². The van der Waals surface area contributed by atoms with Crippen LogP contribution in [0, 0.1) is 0 Å². The molecule has 0 bridgehead atoms. The van der Waals surface area contributed by atoms with Crippen LogP contribution in [0.5, 0.6) is 5.75 Å². The number of likely N-dealkylation sites (tertiary alicyclic amines) is 1. The van der Waals surface area contributed by atoms with Gasteiger partial charge < -0.3 is 15.4 Å². The first-order chi connectivity index (χ1) is 8.61. The molecule has 18 heavy (non-hydrogen) atoms. The van der Waals surface area contributed by atoms with Gasteiger partial charge in [-0.3, -0.25) is 4.79 Å². The van der Waals surface area contributed by atoms with Gasteiger partial charge in [0, 0.05) is 23.6 Å². The molecule has 1 fully saturated rings. The maximum absolute atomic E-state index is 12.4. The van der Waals surface area contributed by atoms with Crippen LogP contribution in [-0.2, 0) is 0 Å². The zero-order valence-corrected chi connectivity index (χ0v) is 11.9. The summed E-state index contributed by atoms with van der Waals surface area (Å²) in [4.78, 5) is 14.2. The van der Waals surface area contributed by atoms with E-state index in [1.54, 1.807) is 13.2 Å². The number of nitrogens with zero attached hydrogens (tertiary/aromatic N) is 1. The maximum Gasteiger partial charge on any atom is 0.257 e. The summed E-state index contributed by atoms with van der Waals surface area (Å²) < 4.78 is 6.16. The van der Waals surface area contributed by atoms with Gasteiger partial charge in [-0.15, -0.1) is 0 Å². The van der Waals surface area contributed by atoms with E-state index in [1.807, 2.05) is 17.0 Å². The molecule has 98 valence electrons. The molecular formula is C13H17BrN2O2. The highest BCUT2D eigenvalue weighted by molar-refractivity contribution is 9.10. The highest BCUT2D eigenvalue weighted by atomic mass is 79.9. The average Bonchev–Trinajstić information content (AvgIpc) is 2.38. The van der Waals surface area contributed by atoms with Crippen LogP contribution in [0.4, 0.5) is 0 Å². The summed E-state index contributed by atoms with van der Waals surface area (Å²) in [5.41, 5.74) is 6.45. The van der Waals surface area contributed by atoms with Crippen LogP contribution >= 0.6 is 15.9 Å². The lowest BCUT2D eigenvalue weighted by atomic mass is 10.0. The van der Waals surface area contributed by atoms with Gasteiger partial charge in [0.2, 0.25) is 0 Å². The van der Waals surface area contributed by atoms with Crippen LogP contribution in [0.3, 0.4) is 0 Å². The van der Waals surface area contributed by atoms with Gasteiger partial charge in [-0.1, -0.05) is 15.9 Å². The van der Waals surface area contributed by atoms with Crippen molar-refractivity contribution in [2.24, 2.45) is 5.73 Å². The number of halogens is 1. The van der Waals surface area contributed by atoms with Crippen molar-refractivity contribution in [3.05, 3.63) is 28.2 Å². The summed E-state index contributed by atoms with van der Waals surface area (Å²) in [5.74, 6) is 0.621. The zero-order valence-electron chi connectivity index (χ0n) is 10.4. The molecule has 0 aromatic heterocycles. The molecule has 1 heterocycles. The number of benzene rings is 1. The van der Waals surface area contributed by atoms with Crippen molar-refractivity contribution in [2.75, 3.05) is 20.2 Å². The molecule has 1 saturated heterocycles. The Labute approximate surface area is 115 Å². The van der Waals surface area contributed by atoms with Crippen LogP contribution < -0.4 is 10.5 Å². The van der Waals surface area contributed by atoms with Gasteiger partial charge in [-0.05, 0) is 31.0 Å². The summed E-state index contributed by atoms with van der Waals surface area (Å²) in [6, 6.07) is 5.68. The smallest absolute Gasteiger partial charge is 0.257 e. The van der Waals surface area contributed by atoms with Crippen molar-refractivity contribution in [3.8, 4) is 5.75 Å². The molecular weight excluding hydrogens is 296 g/mol. The van der Waals surface area contributed by atoms with Crippen LogP contribution in [0.1, 0.15) is 23.2 Å². The number of piperidine rings is 1. The minimum absolute atomic E-state index is 0.0197. The van der Waals surface area contributed by atoms with Crippen LogP contribution in [0.15, 0.2) is 22.7 Å². The fourth-order valence-electron chi connectivity index (χ4n) is 2.11. The predicted molar refractivity (Wildman–Crippen MR) is 73.8 cm³/mol. The third kappa shape index (κ3) is 2.84. The number of methoxy groups -OCH3 is 1. The first kappa shape index (κ1) is 13.4. The minimum atomic E-state index is 0.0197. The van der Waals surface area contributed by atoms with E-state index in [2.05, 4.69) is 15.9 Å². The standard InChI is InChI=1S/C13H17BrN2O2/c1-18-12-8-9(14)2-3-11(12)13(17)16-6-4-10(15)5-7-16/h2-3,8,10H,4-7,15H2,1H3. The van der Waals surface area contributed by atoms with Crippen molar-refractivity contribution < 1.29 is 9.53 Å². The number of rotatable bonds is 2. The number of carbonyl (C=O) groups is 1. The van der Waals surface area contributed by atoms with E-state index >= 15 is 0 Å². The molecule has 0 unspecified atom stereocenters. The van der Waals surface area contributed by atoms with Gasteiger partial charge in [0.15, 0.2) is 0 Å². The molecule has 1 aromatic carbocycles. The molecule has 0 spiro atoms. The highest BCUT2D eigenvalue weighted by Gasteiger charge is 2.23. The fraction of sp³-hybridized carbons (Fsp3) is 0.462. The van der Waals surface area contributed by atoms with Crippen LogP contribution in [0.25, 0.3) is 0 Å².